The van der Waals surface area contributed by atoms with Crippen molar-refractivity contribution in [1.82, 2.24) is 14.9 Å². The molecule has 2 heterocycles. The van der Waals surface area contributed by atoms with E-state index in [2.05, 4.69) is 10.3 Å². The molecule has 13 heteroatoms. The van der Waals surface area contributed by atoms with Gasteiger partial charge in [0, 0.05) is 20.0 Å². The smallest absolute Gasteiger partial charge is 0.328 e. The third-order valence-electron chi connectivity index (χ3n) is 6.58. The van der Waals surface area contributed by atoms with Gasteiger partial charge in [0.25, 0.3) is 11.5 Å². The van der Waals surface area contributed by atoms with Crippen LogP contribution in [0.25, 0.3) is 10.9 Å². The third-order valence-corrected chi connectivity index (χ3v) is 7.78. The largest absolute Gasteiger partial charge is 0.466 e. The molecule has 3 aromatic rings. The van der Waals surface area contributed by atoms with Crippen LogP contribution in [0.2, 0.25) is 0 Å². The van der Waals surface area contributed by atoms with E-state index in [4.69, 9.17) is 14.2 Å². The number of amides is 1. The number of benzene rings is 1. The molecule has 12 nitrogen and oxygen atoms in total. The van der Waals surface area contributed by atoms with Crippen LogP contribution in [0.5, 0.6) is 0 Å². The summed E-state index contributed by atoms with van der Waals surface area (Å²) in [6.07, 6.45) is 0.0165. The number of hydrogen-bond acceptors (Lipinski definition) is 11. The highest BCUT2D eigenvalue weighted by molar-refractivity contribution is 7.18. The predicted molar refractivity (Wildman–Crippen MR) is 166 cm³/mol. The van der Waals surface area contributed by atoms with Crippen LogP contribution in [0.3, 0.4) is 0 Å². The molecule has 0 radical (unpaired) electrons. The summed E-state index contributed by atoms with van der Waals surface area (Å²) in [6.45, 7) is 10.8. The van der Waals surface area contributed by atoms with E-state index in [1.165, 1.54) is 15.9 Å². The normalized spacial score (nSPS) is 12.0. The van der Waals surface area contributed by atoms with E-state index in [0.29, 0.717) is 28.1 Å². The summed E-state index contributed by atoms with van der Waals surface area (Å²) in [5, 5.41) is 3.85. The monoisotopic (exact) mass is 628 g/mol. The van der Waals surface area contributed by atoms with E-state index in [1.54, 1.807) is 65.8 Å². The number of carbonyl (C=O) groups is 4. The number of esters is 3. The van der Waals surface area contributed by atoms with Crippen molar-refractivity contribution in [2.75, 3.05) is 25.2 Å². The van der Waals surface area contributed by atoms with E-state index in [0.717, 1.165) is 10.6 Å². The van der Waals surface area contributed by atoms with Crippen LogP contribution in [-0.4, -0.2) is 59.7 Å². The molecule has 1 N–H and O–H groups in total. The van der Waals surface area contributed by atoms with Crippen molar-refractivity contribution in [3.63, 3.8) is 0 Å². The van der Waals surface area contributed by atoms with Crippen molar-refractivity contribution >= 4 is 51.1 Å². The van der Waals surface area contributed by atoms with Gasteiger partial charge in [-0.3, -0.25) is 23.7 Å². The Kier molecular flexibility index (Phi) is 11.6. The van der Waals surface area contributed by atoms with Crippen LogP contribution >= 0.6 is 11.3 Å². The Morgan fingerprint density at radius 3 is 2.41 bits per heavy atom. The number of fused-ring (bicyclic) bond motifs is 1. The fraction of sp³-hybridized carbons (Fsp3) is 0.484. The minimum Gasteiger partial charge on any atom is -0.466 e. The van der Waals surface area contributed by atoms with Crippen LogP contribution in [0.4, 0.5) is 5.00 Å². The molecule has 2 aromatic heterocycles. The van der Waals surface area contributed by atoms with Crippen LogP contribution in [0.15, 0.2) is 35.1 Å². The first-order chi connectivity index (χ1) is 20.7. The number of ether oxygens (including phenoxy) is 3. The molecular formula is C31H40N4O8S. The second-order valence-corrected chi connectivity index (χ2v) is 12.2. The highest BCUT2D eigenvalue weighted by atomic mass is 32.1. The second kappa shape index (κ2) is 15.0. The molecule has 0 aliphatic rings. The van der Waals surface area contributed by atoms with E-state index in [9.17, 15) is 24.0 Å². The van der Waals surface area contributed by atoms with E-state index in [1.807, 2.05) is 18.0 Å². The van der Waals surface area contributed by atoms with E-state index in [-0.39, 0.29) is 38.3 Å². The molecule has 0 fully saturated rings. The Labute approximate surface area is 260 Å². The number of nitrogens with zero attached hydrogens (tertiary/aromatic N) is 3. The minimum absolute atomic E-state index is 0.0377. The van der Waals surface area contributed by atoms with Crippen molar-refractivity contribution < 1.29 is 33.4 Å². The number of rotatable bonds is 13. The fourth-order valence-electron chi connectivity index (χ4n) is 4.19. The third kappa shape index (κ3) is 8.88. The molecule has 1 aromatic carbocycles. The number of carbonyl (C=O) groups excluding carboxylic acids is 4. The lowest BCUT2D eigenvalue weighted by Gasteiger charge is -2.19. The standard InChI is InChI=1S/C31H40N4O8S/c1-8-41-26(36)15-12-23(29(39)42-9-2)33-27(37)24-13-14-25(44-24)34(7)17-20-10-11-22-21(16-20)28(38)35(19(3)32-22)18-43-30(40)31(4,5)6/h10-11,13-14,16,23H,8-9,12,15,17-18H2,1-7H3,(H,33,37)/t23-/m0/s1. The lowest BCUT2D eigenvalue weighted by Crippen LogP contribution is -2.42. The summed E-state index contributed by atoms with van der Waals surface area (Å²) >= 11 is 1.23. The molecule has 238 valence electrons. The zero-order valence-electron chi connectivity index (χ0n) is 26.2. The van der Waals surface area contributed by atoms with Crippen molar-refractivity contribution in [2.24, 2.45) is 5.41 Å². The molecule has 0 bridgehead atoms. The Morgan fingerprint density at radius 1 is 1.05 bits per heavy atom. The van der Waals surface area contributed by atoms with E-state index >= 15 is 0 Å². The van der Waals surface area contributed by atoms with Gasteiger partial charge in [0.1, 0.15) is 11.9 Å². The van der Waals surface area contributed by atoms with Gasteiger partial charge in [-0.05, 0) is 77.8 Å². The number of aromatic nitrogens is 2. The van der Waals surface area contributed by atoms with Crippen molar-refractivity contribution in [2.45, 2.75) is 73.7 Å². The quantitative estimate of drug-likeness (QED) is 0.218. The Hall–Kier alpha value is -4.26. The van der Waals surface area contributed by atoms with Crippen molar-refractivity contribution in [3.8, 4) is 0 Å². The number of nitrogens with one attached hydrogen (secondary N) is 1. The van der Waals surface area contributed by atoms with Gasteiger partial charge >= 0.3 is 17.9 Å². The highest BCUT2D eigenvalue weighted by Gasteiger charge is 2.25. The molecule has 1 atom stereocenters. The summed E-state index contributed by atoms with van der Waals surface area (Å²) in [6, 6.07) is 7.87. The van der Waals surface area contributed by atoms with Crippen molar-refractivity contribution in [3.05, 3.63) is 57.0 Å². The highest BCUT2D eigenvalue weighted by Crippen LogP contribution is 2.27. The first-order valence-electron chi connectivity index (χ1n) is 14.4. The number of hydrogen-bond donors (Lipinski definition) is 1. The van der Waals surface area contributed by atoms with Crippen LogP contribution in [0, 0.1) is 12.3 Å². The SMILES string of the molecule is CCOC(=O)CC[C@H](NC(=O)c1ccc(N(C)Cc2ccc3nc(C)n(COC(=O)C(C)(C)C)c(=O)c3c2)s1)C(=O)OCC. The molecule has 0 aliphatic carbocycles. The van der Waals surface area contributed by atoms with Gasteiger partial charge in [-0.15, -0.1) is 11.3 Å². The molecule has 3 rings (SSSR count). The van der Waals surface area contributed by atoms with Gasteiger partial charge in [0.15, 0.2) is 6.73 Å². The first kappa shape index (κ1) is 34.2. The molecule has 0 unspecified atom stereocenters. The summed E-state index contributed by atoms with van der Waals surface area (Å²) in [4.78, 5) is 69.6. The lowest BCUT2D eigenvalue weighted by molar-refractivity contribution is -0.157. The Morgan fingerprint density at radius 2 is 1.75 bits per heavy atom. The molecule has 44 heavy (non-hydrogen) atoms. The number of thiophene rings is 1. The van der Waals surface area contributed by atoms with Gasteiger partial charge in [0.2, 0.25) is 0 Å². The first-order valence-corrected chi connectivity index (χ1v) is 15.2. The second-order valence-electron chi connectivity index (χ2n) is 11.2. The molecule has 0 aliphatic heterocycles. The summed E-state index contributed by atoms with van der Waals surface area (Å²) < 4.78 is 16.7. The van der Waals surface area contributed by atoms with Gasteiger partial charge in [0.05, 0.1) is 39.4 Å². The number of aryl methyl sites for hydroxylation is 1. The maximum absolute atomic E-state index is 13.3. The number of anilines is 1. The molecule has 0 saturated heterocycles. The van der Waals surface area contributed by atoms with E-state index < -0.39 is 35.3 Å². The molecule has 0 saturated carbocycles. The Balaban J connectivity index is 1.73. The summed E-state index contributed by atoms with van der Waals surface area (Å²) in [7, 11) is 1.86. The van der Waals surface area contributed by atoms with Gasteiger partial charge in [-0.1, -0.05) is 6.07 Å². The molecule has 1 amide bonds. The predicted octanol–water partition coefficient (Wildman–Crippen LogP) is 3.95. The Bertz CT molecular complexity index is 1570. The van der Waals surface area contributed by atoms with Crippen LogP contribution in [-0.2, 0) is 41.9 Å². The lowest BCUT2D eigenvalue weighted by atomic mass is 9.98. The zero-order valence-corrected chi connectivity index (χ0v) is 27.0. The minimum atomic E-state index is -0.994. The van der Waals surface area contributed by atoms with Gasteiger partial charge in [-0.2, -0.15) is 0 Å². The summed E-state index contributed by atoms with van der Waals surface area (Å²) in [5.41, 5.74) is 0.357. The maximum atomic E-state index is 13.3. The average molecular weight is 629 g/mol. The maximum Gasteiger partial charge on any atom is 0.328 e. The fourth-order valence-corrected chi connectivity index (χ4v) is 5.06. The van der Waals surface area contributed by atoms with Crippen molar-refractivity contribution in [1.29, 1.82) is 0 Å². The van der Waals surface area contributed by atoms with Crippen LogP contribution < -0.4 is 15.8 Å². The average Bonchev–Trinajstić information content (AvgIpc) is 3.46. The van der Waals surface area contributed by atoms with Gasteiger partial charge in [-0.25, -0.2) is 9.78 Å². The van der Waals surface area contributed by atoms with Crippen LogP contribution in [0.1, 0.15) is 68.5 Å². The zero-order chi connectivity index (χ0) is 32.6. The topological polar surface area (TPSA) is 146 Å². The molecule has 0 spiro atoms. The molecular weight excluding hydrogens is 588 g/mol. The summed E-state index contributed by atoms with van der Waals surface area (Å²) in [5.74, 6) is -1.53. The van der Waals surface area contributed by atoms with Gasteiger partial charge < -0.3 is 24.4 Å².